The fourth-order valence-electron chi connectivity index (χ4n) is 2.05. The van der Waals surface area contributed by atoms with Crippen molar-refractivity contribution < 1.29 is 0 Å². The normalized spacial score (nSPS) is 14.1. The molecule has 0 radical (unpaired) electrons. The van der Waals surface area contributed by atoms with Crippen molar-refractivity contribution in [2.24, 2.45) is 0 Å². The molecule has 1 aliphatic rings. The Morgan fingerprint density at radius 2 is 2.12 bits per heavy atom. The summed E-state index contributed by atoms with van der Waals surface area (Å²) in [5, 5.41) is 0.642. The molecule has 4 heteroatoms. The maximum Gasteiger partial charge on any atom is 0.171 e. The van der Waals surface area contributed by atoms with Crippen LogP contribution in [-0.4, -0.2) is 9.97 Å². The number of nitrogens with zero attached hydrogens (tertiary/aromatic N) is 2. The van der Waals surface area contributed by atoms with Crippen molar-refractivity contribution in [3.05, 3.63) is 33.4 Å². The standard InChI is InChI=1S/C12H11ClN2S/c1-7-5-6-10(16-7)12-14-9-4-2-3-8(9)11(13)15-12/h5-6H,2-4H2,1H3. The highest BCUT2D eigenvalue weighted by molar-refractivity contribution is 7.15. The molecule has 0 saturated carbocycles. The number of halogens is 1. The first-order valence-electron chi connectivity index (χ1n) is 5.36. The molecule has 0 saturated heterocycles. The summed E-state index contributed by atoms with van der Waals surface area (Å²) in [4.78, 5) is 11.4. The van der Waals surface area contributed by atoms with E-state index in [1.165, 1.54) is 4.88 Å². The molecule has 1 aliphatic carbocycles. The zero-order valence-electron chi connectivity index (χ0n) is 8.96. The summed E-state index contributed by atoms with van der Waals surface area (Å²) in [6.45, 7) is 2.09. The largest absolute Gasteiger partial charge is 0.232 e. The SMILES string of the molecule is Cc1ccc(-c2nc(Cl)c3c(n2)CCC3)s1. The Labute approximate surface area is 103 Å². The summed E-state index contributed by atoms with van der Waals surface area (Å²) in [7, 11) is 0. The van der Waals surface area contributed by atoms with Crippen molar-refractivity contribution in [2.75, 3.05) is 0 Å². The minimum Gasteiger partial charge on any atom is -0.232 e. The van der Waals surface area contributed by atoms with Crippen LogP contribution in [0, 0.1) is 6.92 Å². The van der Waals surface area contributed by atoms with Crippen LogP contribution >= 0.6 is 22.9 Å². The van der Waals surface area contributed by atoms with E-state index >= 15 is 0 Å². The molecule has 82 valence electrons. The van der Waals surface area contributed by atoms with Gasteiger partial charge in [0.1, 0.15) is 5.15 Å². The monoisotopic (exact) mass is 250 g/mol. The fraction of sp³-hybridized carbons (Fsp3) is 0.333. The van der Waals surface area contributed by atoms with Crippen molar-refractivity contribution in [1.29, 1.82) is 0 Å². The molecule has 16 heavy (non-hydrogen) atoms. The molecule has 3 rings (SSSR count). The number of aromatic nitrogens is 2. The summed E-state index contributed by atoms with van der Waals surface area (Å²) >= 11 is 7.90. The summed E-state index contributed by atoms with van der Waals surface area (Å²) in [6, 6.07) is 4.15. The molecule has 0 amide bonds. The van der Waals surface area contributed by atoms with Crippen LogP contribution in [0.2, 0.25) is 5.15 Å². The van der Waals surface area contributed by atoms with Gasteiger partial charge in [0.25, 0.3) is 0 Å². The average Bonchev–Trinajstić information content (AvgIpc) is 2.85. The Kier molecular flexibility index (Phi) is 2.45. The minimum atomic E-state index is 0.642. The number of hydrogen-bond acceptors (Lipinski definition) is 3. The average molecular weight is 251 g/mol. The van der Waals surface area contributed by atoms with E-state index in [9.17, 15) is 0 Å². The van der Waals surface area contributed by atoms with Crippen molar-refractivity contribution in [3.63, 3.8) is 0 Å². The molecule has 2 nitrogen and oxygen atoms in total. The van der Waals surface area contributed by atoms with Gasteiger partial charge < -0.3 is 0 Å². The van der Waals surface area contributed by atoms with Gasteiger partial charge in [-0.1, -0.05) is 11.6 Å². The van der Waals surface area contributed by atoms with Crippen LogP contribution in [0.4, 0.5) is 0 Å². The van der Waals surface area contributed by atoms with Gasteiger partial charge >= 0.3 is 0 Å². The van der Waals surface area contributed by atoms with Crippen LogP contribution in [0.25, 0.3) is 10.7 Å². The van der Waals surface area contributed by atoms with Crippen molar-refractivity contribution in [1.82, 2.24) is 9.97 Å². The summed E-state index contributed by atoms with van der Waals surface area (Å²) < 4.78 is 0. The van der Waals surface area contributed by atoms with Crippen LogP contribution in [0.1, 0.15) is 22.6 Å². The lowest BCUT2D eigenvalue weighted by atomic mass is 10.2. The van der Waals surface area contributed by atoms with Gasteiger partial charge in [0.15, 0.2) is 5.82 Å². The topological polar surface area (TPSA) is 25.8 Å². The third-order valence-electron chi connectivity index (χ3n) is 2.84. The van der Waals surface area contributed by atoms with Gasteiger partial charge in [-0.3, -0.25) is 0 Å². The smallest absolute Gasteiger partial charge is 0.171 e. The molecule has 0 spiro atoms. The number of aryl methyl sites for hydroxylation is 2. The van der Waals surface area contributed by atoms with Crippen molar-refractivity contribution >= 4 is 22.9 Å². The Morgan fingerprint density at radius 3 is 2.88 bits per heavy atom. The molecule has 0 aliphatic heterocycles. The number of hydrogen-bond donors (Lipinski definition) is 0. The predicted octanol–water partition coefficient (Wildman–Crippen LogP) is 3.66. The van der Waals surface area contributed by atoms with Crippen LogP contribution < -0.4 is 0 Å². The van der Waals surface area contributed by atoms with E-state index < -0.39 is 0 Å². The lowest BCUT2D eigenvalue weighted by Crippen LogP contribution is -1.96. The van der Waals surface area contributed by atoms with Crippen LogP contribution in [-0.2, 0) is 12.8 Å². The van der Waals surface area contributed by atoms with E-state index in [2.05, 4.69) is 29.0 Å². The second-order valence-corrected chi connectivity index (χ2v) is 5.67. The Balaban J connectivity index is 2.12. The van der Waals surface area contributed by atoms with E-state index in [0.717, 1.165) is 41.2 Å². The van der Waals surface area contributed by atoms with Gasteiger partial charge in [-0.2, -0.15) is 0 Å². The molecule has 0 aromatic carbocycles. The predicted molar refractivity (Wildman–Crippen MR) is 67.1 cm³/mol. The van der Waals surface area contributed by atoms with Crippen LogP contribution in [0.3, 0.4) is 0 Å². The van der Waals surface area contributed by atoms with Crippen LogP contribution in [0.15, 0.2) is 12.1 Å². The Bertz CT molecular complexity index is 548. The number of thiophene rings is 1. The highest BCUT2D eigenvalue weighted by Gasteiger charge is 2.19. The number of fused-ring (bicyclic) bond motifs is 1. The van der Waals surface area contributed by atoms with Gasteiger partial charge in [-0.25, -0.2) is 9.97 Å². The lowest BCUT2D eigenvalue weighted by Gasteiger charge is -2.03. The third kappa shape index (κ3) is 1.64. The first kappa shape index (κ1) is 10.2. The molecular weight excluding hydrogens is 240 g/mol. The van der Waals surface area contributed by atoms with E-state index in [-0.39, 0.29) is 0 Å². The zero-order valence-corrected chi connectivity index (χ0v) is 10.5. The highest BCUT2D eigenvalue weighted by atomic mass is 35.5. The first-order chi connectivity index (χ1) is 7.74. The summed E-state index contributed by atoms with van der Waals surface area (Å²) in [5.74, 6) is 0.781. The summed E-state index contributed by atoms with van der Waals surface area (Å²) in [5.41, 5.74) is 2.29. The second kappa shape index (κ2) is 3.82. The molecule has 0 N–H and O–H groups in total. The molecule has 2 aromatic heterocycles. The lowest BCUT2D eigenvalue weighted by molar-refractivity contribution is 0.900. The molecule has 0 atom stereocenters. The van der Waals surface area contributed by atoms with E-state index in [4.69, 9.17) is 11.6 Å². The Morgan fingerprint density at radius 1 is 1.25 bits per heavy atom. The maximum atomic E-state index is 6.19. The fourth-order valence-corrected chi connectivity index (χ4v) is 3.14. The van der Waals surface area contributed by atoms with Gasteiger partial charge in [0.05, 0.1) is 4.88 Å². The quantitative estimate of drug-likeness (QED) is 0.722. The minimum absolute atomic E-state index is 0.642. The Hall–Kier alpha value is -0.930. The highest BCUT2D eigenvalue weighted by Crippen LogP contribution is 2.31. The zero-order chi connectivity index (χ0) is 11.1. The van der Waals surface area contributed by atoms with Gasteiger partial charge in [0.2, 0.25) is 0 Å². The second-order valence-electron chi connectivity index (χ2n) is 4.03. The van der Waals surface area contributed by atoms with E-state index in [1.54, 1.807) is 11.3 Å². The molecule has 2 heterocycles. The van der Waals surface area contributed by atoms with Crippen molar-refractivity contribution in [3.8, 4) is 10.7 Å². The van der Waals surface area contributed by atoms with Crippen LogP contribution in [0.5, 0.6) is 0 Å². The molecule has 0 bridgehead atoms. The van der Waals surface area contributed by atoms with Gasteiger partial charge in [0, 0.05) is 16.1 Å². The molecule has 2 aromatic rings. The molecule has 0 unspecified atom stereocenters. The molecule has 0 fully saturated rings. The number of rotatable bonds is 1. The van der Waals surface area contributed by atoms with Crippen molar-refractivity contribution in [2.45, 2.75) is 26.2 Å². The van der Waals surface area contributed by atoms with Gasteiger partial charge in [-0.05, 0) is 38.3 Å². The maximum absolute atomic E-state index is 6.19. The third-order valence-corrected chi connectivity index (χ3v) is 4.15. The summed E-state index contributed by atoms with van der Waals surface area (Å²) in [6.07, 6.45) is 3.21. The van der Waals surface area contributed by atoms with E-state index in [1.807, 2.05) is 0 Å². The first-order valence-corrected chi connectivity index (χ1v) is 6.55. The molecular formula is C12H11ClN2S. The van der Waals surface area contributed by atoms with Gasteiger partial charge in [-0.15, -0.1) is 11.3 Å². The van der Waals surface area contributed by atoms with E-state index in [0.29, 0.717) is 5.15 Å².